The van der Waals surface area contributed by atoms with Crippen LogP contribution in [-0.4, -0.2) is 103 Å². The van der Waals surface area contributed by atoms with E-state index in [9.17, 15) is 33.6 Å². The van der Waals surface area contributed by atoms with Gasteiger partial charge in [0.15, 0.2) is 0 Å². The number of carbonyl (C=O) groups excluding carboxylic acids is 7. The normalized spacial score (nSPS) is 22.1. The largest absolute Gasteiger partial charge is 0.446 e. The summed E-state index contributed by atoms with van der Waals surface area (Å²) in [6, 6.07) is 4.56. The van der Waals surface area contributed by atoms with Crippen LogP contribution in [0.1, 0.15) is 105 Å². The molecule has 14 nitrogen and oxygen atoms in total. The van der Waals surface area contributed by atoms with Crippen molar-refractivity contribution in [1.29, 1.82) is 0 Å². The zero-order valence-corrected chi connectivity index (χ0v) is 33.2. The smallest absolute Gasteiger partial charge is 0.408 e. The van der Waals surface area contributed by atoms with Crippen molar-refractivity contribution in [3.05, 3.63) is 35.9 Å². The summed E-state index contributed by atoms with van der Waals surface area (Å²) < 4.78 is 5.68. The number of hydrogen-bond donors (Lipinski definition) is 4. The number of alkyl carbamates (subject to hydrolysis) is 1. The number of benzene rings is 1. The van der Waals surface area contributed by atoms with Crippen molar-refractivity contribution in [2.45, 2.75) is 123 Å². The van der Waals surface area contributed by atoms with Gasteiger partial charge in [0.2, 0.25) is 29.4 Å². The molecule has 6 unspecified atom stereocenters. The van der Waals surface area contributed by atoms with E-state index in [1.165, 1.54) is 9.80 Å². The number of likely N-dealkylation sites (N-methyl/N-ethyl adjacent to an activating group) is 1. The van der Waals surface area contributed by atoms with Crippen LogP contribution in [0, 0.1) is 22.7 Å². The average Bonchev–Trinajstić information content (AvgIpc) is 3.43. The molecule has 1 aromatic carbocycles. The van der Waals surface area contributed by atoms with Gasteiger partial charge in [-0.1, -0.05) is 91.1 Å². The highest BCUT2D eigenvalue weighted by molar-refractivity contribution is 6.38. The Morgan fingerprint density at radius 3 is 2.19 bits per heavy atom. The van der Waals surface area contributed by atoms with E-state index in [4.69, 9.17) is 4.74 Å². The fraction of sp³-hybridized carbons (Fsp3) is 0.675. The lowest BCUT2D eigenvalue weighted by Gasteiger charge is -2.38. The molecular weight excluding hydrogens is 692 g/mol. The fourth-order valence-electron chi connectivity index (χ4n) is 7.86. The molecule has 2 aliphatic carbocycles. The van der Waals surface area contributed by atoms with Gasteiger partial charge in [-0.15, -0.1) is 0 Å². The van der Waals surface area contributed by atoms with Crippen LogP contribution in [-0.2, 0) is 33.5 Å². The lowest BCUT2D eigenvalue weighted by molar-refractivity contribution is -0.145. The summed E-state index contributed by atoms with van der Waals surface area (Å²) in [4.78, 5) is 96.8. The first kappa shape index (κ1) is 42.3. The predicted molar refractivity (Wildman–Crippen MR) is 201 cm³/mol. The molecule has 0 aromatic heterocycles. The van der Waals surface area contributed by atoms with Crippen LogP contribution in [0.2, 0.25) is 0 Å². The van der Waals surface area contributed by atoms with Crippen LogP contribution in [0.25, 0.3) is 0 Å². The molecule has 1 aromatic rings. The van der Waals surface area contributed by atoms with Gasteiger partial charge in [0, 0.05) is 20.6 Å². The molecule has 0 spiro atoms. The molecule has 4 rings (SSSR count). The quantitative estimate of drug-likeness (QED) is 0.197. The van der Waals surface area contributed by atoms with Crippen LogP contribution >= 0.6 is 0 Å². The summed E-state index contributed by atoms with van der Waals surface area (Å²) in [6.07, 6.45) is 5.16. The van der Waals surface area contributed by atoms with Gasteiger partial charge >= 0.3 is 6.09 Å². The van der Waals surface area contributed by atoms with Gasteiger partial charge in [-0.3, -0.25) is 28.8 Å². The maximum absolute atomic E-state index is 14.3. The van der Waals surface area contributed by atoms with Crippen LogP contribution in [0.5, 0.6) is 0 Å². The first-order valence-corrected chi connectivity index (χ1v) is 19.3. The van der Waals surface area contributed by atoms with Crippen LogP contribution in [0.15, 0.2) is 30.3 Å². The van der Waals surface area contributed by atoms with E-state index in [-0.39, 0.29) is 35.7 Å². The van der Waals surface area contributed by atoms with Crippen molar-refractivity contribution in [1.82, 2.24) is 31.1 Å². The molecule has 1 saturated heterocycles. The number of unbranched alkanes of at least 4 members (excludes halogenated alkanes) is 1. The number of carbonyl (C=O) groups is 7. The number of hydrogen-bond acceptors (Lipinski definition) is 8. The molecule has 3 fully saturated rings. The first-order valence-electron chi connectivity index (χ1n) is 19.3. The Labute approximate surface area is 319 Å². The number of nitrogens with one attached hydrogen (secondary N) is 4. The van der Waals surface area contributed by atoms with E-state index >= 15 is 0 Å². The van der Waals surface area contributed by atoms with E-state index in [0.717, 1.165) is 32.1 Å². The lowest BCUT2D eigenvalue weighted by Crippen LogP contribution is -2.60. The molecule has 0 bridgehead atoms. The Morgan fingerprint density at radius 1 is 0.944 bits per heavy atom. The Kier molecular flexibility index (Phi) is 13.9. The first-order chi connectivity index (χ1) is 25.4. The molecule has 14 heteroatoms. The highest BCUT2D eigenvalue weighted by Crippen LogP contribution is 2.65. The van der Waals surface area contributed by atoms with Crippen LogP contribution in [0.3, 0.4) is 0 Å². The number of Topliss-reactive ketones (excluding diaryl/α,β-unsaturated/α-hetero) is 1. The van der Waals surface area contributed by atoms with Gasteiger partial charge in [0.1, 0.15) is 24.2 Å². The molecule has 2 saturated carbocycles. The van der Waals surface area contributed by atoms with E-state index in [1.807, 2.05) is 41.5 Å². The van der Waals surface area contributed by atoms with Crippen LogP contribution < -0.4 is 21.3 Å². The maximum Gasteiger partial charge on any atom is 0.408 e. The average molecular weight is 753 g/mol. The van der Waals surface area contributed by atoms with Gasteiger partial charge in [0.25, 0.3) is 5.91 Å². The third-order valence-corrected chi connectivity index (χ3v) is 11.2. The fourth-order valence-corrected chi connectivity index (χ4v) is 7.86. The summed E-state index contributed by atoms with van der Waals surface area (Å²) in [7, 11) is 3.13. The van der Waals surface area contributed by atoms with Gasteiger partial charge in [-0.2, -0.15) is 0 Å². The number of ether oxygens (including phenoxy) is 1. The summed E-state index contributed by atoms with van der Waals surface area (Å²) in [5.74, 6) is -4.13. The molecule has 298 valence electrons. The number of ketones is 1. The Morgan fingerprint density at radius 2 is 1.59 bits per heavy atom. The second-order valence-corrected chi connectivity index (χ2v) is 16.9. The highest BCUT2D eigenvalue weighted by atomic mass is 16.6. The Hall–Kier alpha value is -4.49. The number of piperidine rings is 1. The number of rotatable bonds is 15. The van der Waals surface area contributed by atoms with Crippen LogP contribution in [0.4, 0.5) is 4.79 Å². The lowest BCUT2D eigenvalue weighted by atomic mass is 9.85. The second-order valence-electron chi connectivity index (χ2n) is 16.9. The number of amides is 6. The predicted octanol–water partition coefficient (Wildman–Crippen LogP) is 3.25. The van der Waals surface area contributed by atoms with Gasteiger partial charge in [-0.05, 0) is 60.3 Å². The van der Waals surface area contributed by atoms with Crippen molar-refractivity contribution in [2.75, 3.05) is 27.2 Å². The Bertz CT molecular complexity index is 1550. The van der Waals surface area contributed by atoms with E-state index < -0.39 is 71.6 Å². The topological polar surface area (TPSA) is 183 Å². The molecule has 3 aliphatic rings. The van der Waals surface area contributed by atoms with Crippen molar-refractivity contribution < 1.29 is 38.3 Å². The highest BCUT2D eigenvalue weighted by Gasteiger charge is 2.70. The standard InChI is InChI=1S/C40H60N6O8/c1-9-10-21-27(32(48)35(50)41-22-28(47)43-30(36(51)45(7)8)24-17-13-11-14-18-24)42-34(49)31-29-26(40(29,5)6)23-46(31)37(52)33(39(2,3)4)44-38(53)54-25-19-15-12-16-20-25/h11,13-14,17-18,25-27,29-31,33H,9-10,12,15-16,19-23H2,1-8H3,(H,41,50)(H,42,49)(H,43,47)(H,44,53). The molecule has 0 radical (unpaired) electrons. The zero-order chi connectivity index (χ0) is 40.0. The molecule has 1 heterocycles. The zero-order valence-electron chi connectivity index (χ0n) is 33.2. The second kappa shape index (κ2) is 17.8. The summed E-state index contributed by atoms with van der Waals surface area (Å²) in [5, 5.41) is 10.6. The van der Waals surface area contributed by atoms with Crippen molar-refractivity contribution in [2.24, 2.45) is 22.7 Å². The maximum atomic E-state index is 14.3. The number of likely N-dealkylation sites (tertiary alicyclic amines) is 1. The van der Waals surface area contributed by atoms with E-state index in [0.29, 0.717) is 24.9 Å². The number of fused-ring (bicyclic) bond motifs is 1. The van der Waals surface area contributed by atoms with Crippen molar-refractivity contribution >= 4 is 41.4 Å². The minimum atomic E-state index is -1.20. The molecule has 1 aliphatic heterocycles. The molecule has 6 atom stereocenters. The van der Waals surface area contributed by atoms with Gasteiger partial charge in [0.05, 0.1) is 12.6 Å². The molecule has 54 heavy (non-hydrogen) atoms. The monoisotopic (exact) mass is 752 g/mol. The third kappa shape index (κ3) is 10.2. The molecular formula is C40H60N6O8. The molecule has 6 amide bonds. The van der Waals surface area contributed by atoms with Crippen molar-refractivity contribution in [3.8, 4) is 0 Å². The van der Waals surface area contributed by atoms with Gasteiger partial charge in [-0.25, -0.2) is 4.79 Å². The Balaban J connectivity index is 1.44. The van der Waals surface area contributed by atoms with E-state index in [1.54, 1.807) is 44.4 Å². The van der Waals surface area contributed by atoms with Crippen molar-refractivity contribution in [3.63, 3.8) is 0 Å². The molecule has 4 N–H and O–H groups in total. The summed E-state index contributed by atoms with van der Waals surface area (Å²) >= 11 is 0. The number of nitrogens with zero attached hydrogens (tertiary/aromatic N) is 2. The van der Waals surface area contributed by atoms with Gasteiger partial charge < -0.3 is 35.8 Å². The van der Waals surface area contributed by atoms with E-state index in [2.05, 4.69) is 21.3 Å². The summed E-state index contributed by atoms with van der Waals surface area (Å²) in [6.45, 7) is 11.3. The minimum Gasteiger partial charge on any atom is -0.446 e. The minimum absolute atomic E-state index is 0.0395. The third-order valence-electron chi connectivity index (χ3n) is 11.2. The SMILES string of the molecule is CCCCC(NC(=O)C1C2C(CN1C(=O)C(NC(=O)OC1CCCCC1)C(C)(C)C)C2(C)C)C(=O)C(=O)NCC(=O)NC(C(=O)N(C)C)c1ccccc1. The summed E-state index contributed by atoms with van der Waals surface area (Å²) in [5.41, 5.74) is -0.391.